The molecule has 1 N–H and O–H groups in total. The van der Waals surface area contributed by atoms with E-state index in [-0.39, 0.29) is 6.61 Å². The summed E-state index contributed by atoms with van der Waals surface area (Å²) in [5, 5.41) is 11.4. The molecule has 0 radical (unpaired) electrons. The number of anilines is 1. The van der Waals surface area contributed by atoms with Crippen LogP contribution in [0.1, 0.15) is 32.1 Å². The van der Waals surface area contributed by atoms with Crippen LogP contribution in [0.3, 0.4) is 0 Å². The molecule has 2 aromatic rings. The van der Waals surface area contributed by atoms with Gasteiger partial charge in [-0.1, -0.05) is 24.4 Å². The van der Waals surface area contributed by atoms with Crippen molar-refractivity contribution in [1.29, 1.82) is 0 Å². The molecular formula is C20H26ClN3O. The highest BCUT2D eigenvalue weighted by Crippen LogP contribution is 2.32. The normalized spacial score (nSPS) is 22.8. The maximum Gasteiger partial charge on any atom is 0.0723 e. The number of benzene rings is 1. The lowest BCUT2D eigenvalue weighted by Gasteiger charge is -2.45. The molecule has 1 aliphatic heterocycles. The Labute approximate surface area is 154 Å². The Bertz CT molecular complexity index is 732. The van der Waals surface area contributed by atoms with Gasteiger partial charge in [-0.25, -0.2) is 0 Å². The number of pyridine rings is 1. The van der Waals surface area contributed by atoms with Gasteiger partial charge in [-0.15, -0.1) is 0 Å². The van der Waals surface area contributed by atoms with Crippen molar-refractivity contribution < 1.29 is 5.11 Å². The largest absolute Gasteiger partial charge is 0.396 e. The van der Waals surface area contributed by atoms with Crippen molar-refractivity contribution in [2.45, 2.75) is 44.2 Å². The minimum atomic E-state index is 0.255. The van der Waals surface area contributed by atoms with Crippen LogP contribution in [0.5, 0.6) is 0 Å². The molecule has 25 heavy (non-hydrogen) atoms. The molecule has 5 heteroatoms. The maximum atomic E-state index is 9.57. The zero-order chi connectivity index (χ0) is 17.2. The standard InChI is InChI=1S/C20H26ClN3O/c21-15-5-6-19-18(13-15)20(7-9-22-19)23-10-11-24(16-3-1-2-4-16)17(14-23)8-12-25/h5-7,9,13,16-17,25H,1-4,8,10-12,14H2/t17-/m0/s1. The van der Waals surface area contributed by atoms with E-state index in [2.05, 4.69) is 20.9 Å². The molecule has 4 rings (SSSR count). The SMILES string of the molecule is OCC[C@H]1CN(c2ccnc3ccc(Cl)cc23)CCN1C1CCCC1. The molecule has 0 amide bonds. The van der Waals surface area contributed by atoms with E-state index in [0.29, 0.717) is 12.1 Å². The van der Waals surface area contributed by atoms with E-state index in [1.54, 1.807) is 0 Å². The van der Waals surface area contributed by atoms with Gasteiger partial charge in [0.25, 0.3) is 0 Å². The van der Waals surface area contributed by atoms with Crippen LogP contribution in [0.25, 0.3) is 10.9 Å². The van der Waals surface area contributed by atoms with Crippen molar-refractivity contribution in [2.75, 3.05) is 31.1 Å². The number of aliphatic hydroxyl groups is 1. The number of fused-ring (bicyclic) bond motifs is 1. The third-order valence-corrected chi connectivity index (χ3v) is 6.04. The highest BCUT2D eigenvalue weighted by atomic mass is 35.5. The molecule has 0 spiro atoms. The highest BCUT2D eigenvalue weighted by Gasteiger charge is 2.33. The summed E-state index contributed by atoms with van der Waals surface area (Å²) >= 11 is 6.23. The Morgan fingerprint density at radius 1 is 1.16 bits per heavy atom. The average Bonchev–Trinajstić information content (AvgIpc) is 3.16. The quantitative estimate of drug-likeness (QED) is 0.903. The van der Waals surface area contributed by atoms with Gasteiger partial charge in [-0.2, -0.15) is 0 Å². The van der Waals surface area contributed by atoms with Gasteiger partial charge >= 0.3 is 0 Å². The molecule has 1 aliphatic carbocycles. The lowest BCUT2D eigenvalue weighted by molar-refractivity contribution is 0.0985. The van der Waals surface area contributed by atoms with Gasteiger partial charge in [-0.3, -0.25) is 9.88 Å². The summed E-state index contributed by atoms with van der Waals surface area (Å²) in [6, 6.07) is 9.13. The highest BCUT2D eigenvalue weighted by molar-refractivity contribution is 6.31. The number of hydrogen-bond acceptors (Lipinski definition) is 4. The zero-order valence-electron chi connectivity index (χ0n) is 14.6. The Morgan fingerprint density at radius 3 is 2.80 bits per heavy atom. The van der Waals surface area contributed by atoms with Gasteiger partial charge in [0.15, 0.2) is 0 Å². The molecule has 1 aromatic carbocycles. The first-order valence-corrected chi connectivity index (χ1v) is 9.80. The number of aromatic nitrogens is 1. The van der Waals surface area contributed by atoms with Crippen molar-refractivity contribution in [3.8, 4) is 0 Å². The fourth-order valence-corrected chi connectivity index (χ4v) is 4.76. The summed E-state index contributed by atoms with van der Waals surface area (Å²) in [5.41, 5.74) is 2.19. The van der Waals surface area contributed by atoms with Crippen molar-refractivity contribution in [3.63, 3.8) is 0 Å². The number of nitrogens with zero attached hydrogens (tertiary/aromatic N) is 3. The zero-order valence-corrected chi connectivity index (χ0v) is 15.3. The number of rotatable bonds is 4. The molecule has 0 bridgehead atoms. The van der Waals surface area contributed by atoms with Crippen LogP contribution in [0.15, 0.2) is 30.5 Å². The predicted molar refractivity (Wildman–Crippen MR) is 103 cm³/mol. The molecular weight excluding hydrogens is 334 g/mol. The Hall–Kier alpha value is -1.36. The summed E-state index contributed by atoms with van der Waals surface area (Å²) in [6.45, 7) is 3.30. The minimum absolute atomic E-state index is 0.255. The summed E-state index contributed by atoms with van der Waals surface area (Å²) < 4.78 is 0. The topological polar surface area (TPSA) is 39.6 Å². The first-order valence-electron chi connectivity index (χ1n) is 9.42. The molecule has 4 nitrogen and oxygen atoms in total. The fraction of sp³-hybridized carbons (Fsp3) is 0.550. The Kier molecular flexibility index (Phi) is 5.11. The van der Waals surface area contributed by atoms with E-state index in [0.717, 1.165) is 42.0 Å². The molecule has 1 saturated carbocycles. The van der Waals surface area contributed by atoms with E-state index in [1.165, 1.54) is 31.4 Å². The first-order chi connectivity index (χ1) is 12.3. The van der Waals surface area contributed by atoms with Gasteiger partial charge in [0.05, 0.1) is 5.52 Å². The molecule has 0 unspecified atom stereocenters. The van der Waals surface area contributed by atoms with Crippen LogP contribution < -0.4 is 4.90 Å². The van der Waals surface area contributed by atoms with Crippen molar-refractivity contribution in [3.05, 3.63) is 35.5 Å². The third kappa shape index (κ3) is 3.48. The van der Waals surface area contributed by atoms with Gasteiger partial charge in [-0.05, 0) is 43.5 Å². The second kappa shape index (κ2) is 7.48. The Morgan fingerprint density at radius 2 is 2.00 bits per heavy atom. The molecule has 1 atom stereocenters. The average molecular weight is 360 g/mol. The molecule has 134 valence electrons. The monoisotopic (exact) mass is 359 g/mol. The van der Waals surface area contributed by atoms with E-state index in [1.807, 2.05) is 24.4 Å². The Balaban J connectivity index is 1.60. The summed E-state index contributed by atoms with van der Waals surface area (Å²) in [4.78, 5) is 9.59. The molecule has 1 aromatic heterocycles. The number of aliphatic hydroxyl groups excluding tert-OH is 1. The van der Waals surface area contributed by atoms with E-state index >= 15 is 0 Å². The van der Waals surface area contributed by atoms with Crippen LogP contribution in [0, 0.1) is 0 Å². The third-order valence-electron chi connectivity index (χ3n) is 5.81. The van der Waals surface area contributed by atoms with Crippen molar-refractivity contribution >= 4 is 28.2 Å². The van der Waals surface area contributed by atoms with Crippen molar-refractivity contribution in [1.82, 2.24) is 9.88 Å². The summed E-state index contributed by atoms with van der Waals surface area (Å²) in [5.74, 6) is 0. The van der Waals surface area contributed by atoms with E-state index in [9.17, 15) is 5.11 Å². The van der Waals surface area contributed by atoms with Gasteiger partial charge in [0.1, 0.15) is 0 Å². The lowest BCUT2D eigenvalue weighted by Crippen LogP contribution is -2.56. The summed E-state index contributed by atoms with van der Waals surface area (Å²) in [7, 11) is 0. The molecule has 2 heterocycles. The van der Waals surface area contributed by atoms with Crippen LogP contribution >= 0.6 is 11.6 Å². The smallest absolute Gasteiger partial charge is 0.0723 e. The van der Waals surface area contributed by atoms with Crippen LogP contribution in [0.2, 0.25) is 5.02 Å². The van der Waals surface area contributed by atoms with Crippen LogP contribution in [-0.2, 0) is 0 Å². The number of halogens is 1. The van der Waals surface area contributed by atoms with Gasteiger partial charge in [0, 0.05) is 60.6 Å². The number of hydrogen-bond donors (Lipinski definition) is 1. The van der Waals surface area contributed by atoms with Gasteiger partial charge < -0.3 is 10.0 Å². The first kappa shape index (κ1) is 17.1. The predicted octanol–water partition coefficient (Wildman–Crippen LogP) is 3.70. The lowest BCUT2D eigenvalue weighted by atomic mass is 10.0. The van der Waals surface area contributed by atoms with Gasteiger partial charge in [0.2, 0.25) is 0 Å². The fourth-order valence-electron chi connectivity index (χ4n) is 4.59. The van der Waals surface area contributed by atoms with Crippen LogP contribution in [-0.4, -0.2) is 53.3 Å². The second-order valence-electron chi connectivity index (χ2n) is 7.28. The van der Waals surface area contributed by atoms with Crippen molar-refractivity contribution in [2.24, 2.45) is 0 Å². The second-order valence-corrected chi connectivity index (χ2v) is 7.72. The molecule has 2 fully saturated rings. The van der Waals surface area contributed by atoms with E-state index < -0.39 is 0 Å². The number of piperazine rings is 1. The van der Waals surface area contributed by atoms with E-state index in [4.69, 9.17) is 11.6 Å². The maximum absolute atomic E-state index is 9.57. The minimum Gasteiger partial charge on any atom is -0.396 e. The summed E-state index contributed by atoms with van der Waals surface area (Å²) in [6.07, 6.45) is 8.06. The molecule has 1 saturated heterocycles. The van der Waals surface area contributed by atoms with Crippen LogP contribution in [0.4, 0.5) is 5.69 Å². The molecule has 2 aliphatic rings.